The van der Waals surface area contributed by atoms with E-state index in [0.29, 0.717) is 135 Å². The maximum Gasteiger partial charge on any atom is 0.491 e. The van der Waals surface area contributed by atoms with Crippen molar-refractivity contribution in [2.75, 3.05) is 13.1 Å². The topological polar surface area (TPSA) is 370 Å². The molecule has 5 heterocycles. The highest BCUT2D eigenvalue weighted by Crippen LogP contribution is 2.35. The number of amides is 8. The fourth-order valence-electron chi connectivity index (χ4n) is 20.2. The van der Waals surface area contributed by atoms with E-state index in [-0.39, 0.29) is 100 Å². The van der Waals surface area contributed by atoms with Gasteiger partial charge >= 0.3 is 35.6 Å². The molecule has 0 saturated carbocycles. The molecular formula is C117H147B5N8O20. The van der Waals surface area contributed by atoms with E-state index in [1.165, 1.54) is 15.0 Å². The summed E-state index contributed by atoms with van der Waals surface area (Å²) in [5.74, 6) is -2.58. The number of hydrogen-bond acceptors (Lipinski definition) is 20. The van der Waals surface area contributed by atoms with Crippen LogP contribution in [0.1, 0.15) is 333 Å². The average molecular weight is 2040 g/mol. The van der Waals surface area contributed by atoms with Crippen molar-refractivity contribution in [2.45, 2.75) is 275 Å². The maximum absolute atomic E-state index is 13.6. The van der Waals surface area contributed by atoms with Crippen molar-refractivity contribution in [1.82, 2.24) is 41.1 Å². The second-order valence-corrected chi connectivity index (χ2v) is 45.1. The highest BCUT2D eigenvalue weighted by atomic mass is 16.5. The summed E-state index contributed by atoms with van der Waals surface area (Å²) >= 11 is 0. The first kappa shape index (κ1) is 117. The summed E-state index contributed by atoms with van der Waals surface area (Å²) in [7, 11) is -5.10. The van der Waals surface area contributed by atoms with Crippen molar-refractivity contribution >= 4 is 122 Å². The van der Waals surface area contributed by atoms with Gasteiger partial charge in [-0.05, 0) is 276 Å². The van der Waals surface area contributed by atoms with Gasteiger partial charge in [-0.2, -0.15) is 0 Å². The summed E-state index contributed by atoms with van der Waals surface area (Å²) in [5.41, 5.74) is 27.2. The summed E-state index contributed by atoms with van der Waals surface area (Å²) in [6, 6.07) is 56.8. The highest BCUT2D eigenvalue weighted by molar-refractivity contribution is 6.63. The number of rotatable bonds is 22. The van der Waals surface area contributed by atoms with Gasteiger partial charge in [-0.15, -0.1) is 0 Å². The molecule has 0 spiro atoms. The van der Waals surface area contributed by atoms with E-state index >= 15 is 0 Å². The van der Waals surface area contributed by atoms with Crippen LogP contribution < -0.4 is 43.6 Å². The van der Waals surface area contributed by atoms with E-state index in [1.54, 1.807) is 119 Å². The predicted molar refractivity (Wildman–Crippen MR) is 590 cm³/mol. The third-order valence-corrected chi connectivity index (χ3v) is 27.5. The molecular weight excluding hydrogens is 1890 g/mol. The molecule has 4 atom stereocenters. The van der Waals surface area contributed by atoms with Crippen LogP contribution in [-0.4, -0.2) is 187 Å². The zero-order valence-corrected chi connectivity index (χ0v) is 92.0. The van der Waals surface area contributed by atoms with E-state index in [4.69, 9.17) is 23.3 Å². The standard InChI is InChI=1S/C25H32BNO4.2C24H31BN2O4.C22H27BN2O4.C22H26BNO4/c1-7-23(25(4,5)6)27(24(29)20-11-16(2)10-17(3)12-20)14-22(28)18-8-9-19-15-31-26(30)21(19)13-18;2*1-7-21(24(4,5)6)27(23(29)19-11-15(2)10-16(3)12-19)26-22(28)17-8-9-18-14-31-25(30)20(18)13-17;1-5-19(22(2,3)4)25(21(27)15-9-7-6-8-10-15)24-20(26)16-11-12-17-14-29-23(28)18(17)13-16;1-14-8-15(2)10-18(9-14)21(26)24(22(3,4)5)12-20(25)16-6-7-17-13-28-23(27)19(17)11-16/h8-13,23,30H,7,14-15H2,1-6H3;2*8-13,21,30H,7,14H2,1-6H3,(H,26,28);6-13,19,28H,5,14H2,1-4H3,(H,24,26);6-11,27H,12-13H2,1-5H3/t;2*21-;19-;/m.100./s1. The Morgan fingerprint density at radius 2 is 0.500 bits per heavy atom. The van der Waals surface area contributed by atoms with Crippen molar-refractivity contribution < 1.29 is 96.3 Å². The number of nitrogens with one attached hydrogen (secondary N) is 3. The van der Waals surface area contributed by atoms with Crippen LogP contribution in [0.4, 0.5) is 0 Å². The molecule has 5 aliphatic heterocycles. The first-order valence-corrected chi connectivity index (χ1v) is 51.4. The maximum atomic E-state index is 13.6. The zero-order chi connectivity index (χ0) is 111. The molecule has 8 N–H and O–H groups in total. The van der Waals surface area contributed by atoms with Crippen LogP contribution in [0, 0.1) is 77.0 Å². The first-order chi connectivity index (χ1) is 70.3. The molecule has 33 heteroatoms. The van der Waals surface area contributed by atoms with Crippen LogP contribution in [0.15, 0.2) is 194 Å². The minimum Gasteiger partial charge on any atom is -0.423 e. The Hall–Kier alpha value is -12.8. The van der Waals surface area contributed by atoms with Crippen LogP contribution in [0.2, 0.25) is 0 Å². The molecule has 150 heavy (non-hydrogen) atoms. The van der Waals surface area contributed by atoms with Gasteiger partial charge in [-0.25, -0.2) is 15.0 Å². The summed E-state index contributed by atoms with van der Waals surface area (Å²) in [6.45, 7) is 55.8. The Kier molecular flexibility index (Phi) is 38.8. The monoisotopic (exact) mass is 2040 g/mol. The second kappa shape index (κ2) is 49.5. The molecule has 8 amide bonds. The van der Waals surface area contributed by atoms with Crippen molar-refractivity contribution in [3.63, 3.8) is 0 Å². The predicted octanol–water partition coefficient (Wildman–Crippen LogP) is 15.1. The SMILES string of the molecule is CCC(N(CC(=O)c1ccc2c(c1)B(O)OC2)C(=O)c1cc(C)cc(C)c1)C(C)(C)C.CC[C@@H](N(NC(=O)c1ccc2c(c1)B(O)OC2)C(=O)c1cc(C)cc(C)c1)C(C)(C)C.CC[C@H](N(NC(=O)c1ccc2c(c1)B(O)OC2)C(=O)c1cc(C)cc(C)c1)C(C)(C)C.CC[C@H](N(NC(=O)c1ccc2c(c1)B(O)OC2)C(=O)c1ccccc1)C(C)(C)C.Cc1cc(C)cc(C(=O)N(CC(=O)c2ccc3c(c2)B(O)OC3)C(C)(C)C)c1. The minimum absolute atomic E-state index is 0.0165. The summed E-state index contributed by atoms with van der Waals surface area (Å²) in [5, 5.41) is 54.1. The van der Waals surface area contributed by atoms with Crippen molar-refractivity contribution in [1.29, 1.82) is 0 Å². The molecule has 15 rings (SSSR count). The Bertz CT molecular complexity index is 6180. The Balaban J connectivity index is 0.000000178. The highest BCUT2D eigenvalue weighted by Gasteiger charge is 2.43. The lowest BCUT2D eigenvalue weighted by atomic mass is 9.78. The van der Waals surface area contributed by atoms with E-state index in [1.807, 2.05) is 210 Å². The van der Waals surface area contributed by atoms with E-state index in [9.17, 15) is 73.1 Å². The van der Waals surface area contributed by atoms with Gasteiger partial charge in [0, 0.05) is 67.2 Å². The second-order valence-electron chi connectivity index (χ2n) is 45.1. The third-order valence-electron chi connectivity index (χ3n) is 27.5. The van der Waals surface area contributed by atoms with Crippen molar-refractivity contribution in [3.05, 3.63) is 322 Å². The molecule has 28 nitrogen and oxygen atoms in total. The number of hydrogen-bond donors (Lipinski definition) is 8. The van der Waals surface area contributed by atoms with Crippen LogP contribution in [0.5, 0.6) is 0 Å². The van der Waals surface area contributed by atoms with Crippen molar-refractivity contribution in [2.24, 2.45) is 21.7 Å². The van der Waals surface area contributed by atoms with Crippen LogP contribution in [-0.2, 0) is 56.3 Å². The fraction of sp³-hybridized carbons (Fsp3) is 0.402. The number of Topliss-reactive ketones (excluding diaryl/α,β-unsaturated/α-hetero) is 2. The number of carbonyl (C=O) groups is 10. The zero-order valence-electron chi connectivity index (χ0n) is 92.0. The Morgan fingerprint density at radius 1 is 0.273 bits per heavy atom. The molecule has 5 aliphatic rings. The third kappa shape index (κ3) is 29.5. The van der Waals surface area contributed by atoms with E-state index < -0.39 is 58.9 Å². The van der Waals surface area contributed by atoms with E-state index in [2.05, 4.69) is 78.6 Å². The normalized spacial score (nSPS) is 14.1. The number of nitrogens with zero attached hydrogens (tertiary/aromatic N) is 5. The molecule has 0 saturated heterocycles. The van der Waals surface area contributed by atoms with Gasteiger partial charge < -0.3 is 58.2 Å². The minimum atomic E-state index is -1.03. The molecule has 10 aromatic carbocycles. The number of carbonyl (C=O) groups excluding carboxylic acids is 10. The van der Waals surface area contributed by atoms with Crippen molar-refractivity contribution in [3.8, 4) is 0 Å². The van der Waals surface area contributed by atoms with Gasteiger partial charge in [0.2, 0.25) is 0 Å². The molecule has 0 bridgehead atoms. The molecule has 0 aliphatic carbocycles. The van der Waals surface area contributed by atoms with Gasteiger partial charge in [0.25, 0.3) is 47.3 Å². The largest absolute Gasteiger partial charge is 0.491 e. The Labute approximate surface area is 886 Å². The quantitative estimate of drug-likeness (QED) is 0.0177. The van der Waals surface area contributed by atoms with E-state index in [0.717, 1.165) is 78.7 Å². The lowest BCUT2D eigenvalue weighted by molar-refractivity contribution is 0.0284. The number of benzene rings is 10. The van der Waals surface area contributed by atoms with Gasteiger partial charge in [0.05, 0.1) is 64.2 Å². The molecule has 790 valence electrons. The lowest BCUT2D eigenvalue weighted by Gasteiger charge is -2.39. The fourth-order valence-corrected chi connectivity index (χ4v) is 20.2. The Morgan fingerprint density at radius 3 is 0.747 bits per heavy atom. The number of ketones is 2. The van der Waals surface area contributed by atoms with Crippen LogP contribution in [0.25, 0.3) is 0 Å². The first-order valence-electron chi connectivity index (χ1n) is 51.4. The number of fused-ring (bicyclic) bond motifs is 5. The molecule has 1 unspecified atom stereocenters. The number of aryl methyl sites for hydroxylation is 8. The molecule has 0 fully saturated rings. The van der Waals surface area contributed by atoms with Gasteiger partial charge in [0.1, 0.15) is 0 Å². The van der Waals surface area contributed by atoms with Gasteiger partial charge in [-0.3, -0.25) is 64.2 Å². The summed E-state index contributed by atoms with van der Waals surface area (Å²) < 4.78 is 26.1. The average Bonchev–Trinajstić information content (AvgIpc) is 1.83. The van der Waals surface area contributed by atoms with Crippen LogP contribution >= 0.6 is 0 Å². The summed E-state index contributed by atoms with van der Waals surface area (Å²) in [6.07, 6.45) is 2.78. The van der Waals surface area contributed by atoms with Gasteiger partial charge in [-0.1, -0.05) is 252 Å². The molecule has 0 radical (unpaired) electrons. The smallest absolute Gasteiger partial charge is 0.423 e. The lowest BCUT2D eigenvalue weighted by Crippen LogP contribution is -2.56. The summed E-state index contributed by atoms with van der Waals surface area (Å²) in [4.78, 5) is 136. The van der Waals surface area contributed by atoms with Crippen LogP contribution in [0.3, 0.4) is 0 Å². The van der Waals surface area contributed by atoms with Gasteiger partial charge in [0.15, 0.2) is 11.6 Å². The molecule has 10 aromatic rings. The number of hydrazine groups is 3. The molecule has 0 aromatic heterocycles.